The summed E-state index contributed by atoms with van der Waals surface area (Å²) in [6.07, 6.45) is 1.22. The van der Waals surface area contributed by atoms with Crippen LogP contribution in [0.5, 0.6) is 40.2 Å². The average Bonchev–Trinajstić information content (AvgIpc) is 3.64. The molecule has 2 fully saturated rings. The first kappa shape index (κ1) is 40.7. The van der Waals surface area contributed by atoms with E-state index < -0.39 is 52.5 Å². The van der Waals surface area contributed by atoms with Crippen molar-refractivity contribution in [1.82, 2.24) is 15.1 Å². The van der Waals surface area contributed by atoms with E-state index in [1.807, 2.05) is 27.0 Å². The Morgan fingerprint density at radius 3 is 2.57 bits per heavy atom. The molecule has 1 spiro atoms. The molecule has 61 heavy (non-hydrogen) atoms. The highest BCUT2D eigenvalue weighted by Gasteiger charge is 2.64. The lowest BCUT2D eigenvalue weighted by Crippen LogP contribution is -2.69. The highest BCUT2D eigenvalue weighted by Crippen LogP contribution is 2.65. The number of nitrogens with zero attached hydrogens (tertiary/aromatic N) is 3. The summed E-state index contributed by atoms with van der Waals surface area (Å²) in [7, 11) is 4.91. The lowest BCUT2D eigenvalue weighted by Gasteiger charge is -2.60. The van der Waals surface area contributed by atoms with Crippen LogP contribution in [0.4, 0.5) is 4.79 Å². The van der Waals surface area contributed by atoms with Crippen molar-refractivity contribution in [2.24, 2.45) is 0 Å². The van der Waals surface area contributed by atoms with Crippen LogP contribution in [0, 0.1) is 25.2 Å². The first-order valence-corrected chi connectivity index (χ1v) is 21.0. The van der Waals surface area contributed by atoms with Gasteiger partial charge in [0.1, 0.15) is 24.5 Å². The fourth-order valence-corrected chi connectivity index (χ4v) is 12.3. The fraction of sp³-hybridized carbons (Fsp3) is 0.455. The van der Waals surface area contributed by atoms with Gasteiger partial charge in [0.15, 0.2) is 40.0 Å². The normalized spacial score (nSPS) is 27.9. The first-order chi connectivity index (χ1) is 29.3. The smallest absolute Gasteiger partial charge is 0.504 e. The summed E-state index contributed by atoms with van der Waals surface area (Å²) in [5.41, 5.74) is 2.66. The predicted molar refractivity (Wildman–Crippen MR) is 219 cm³/mol. The van der Waals surface area contributed by atoms with Crippen molar-refractivity contribution in [2.75, 3.05) is 60.1 Å². The Morgan fingerprint density at radius 2 is 1.85 bits per heavy atom. The van der Waals surface area contributed by atoms with Gasteiger partial charge in [-0.2, -0.15) is 5.26 Å². The van der Waals surface area contributed by atoms with Crippen LogP contribution in [0.25, 0.3) is 0 Å². The molecule has 4 bridgehead atoms. The maximum atomic E-state index is 15.0. The Balaban J connectivity index is 1.28. The molecule has 2 unspecified atom stereocenters. The number of hydrogen-bond acceptors (Lipinski definition) is 17. The molecule has 0 saturated carbocycles. The second kappa shape index (κ2) is 15.0. The monoisotopic (exact) mass is 854 g/mol. The molecule has 8 aliphatic heterocycles. The predicted octanol–water partition coefficient (Wildman–Crippen LogP) is 4.98. The van der Waals surface area contributed by atoms with Crippen molar-refractivity contribution in [2.45, 2.75) is 68.1 Å². The van der Waals surface area contributed by atoms with E-state index in [0.717, 1.165) is 16.7 Å². The van der Waals surface area contributed by atoms with Gasteiger partial charge in [-0.25, -0.2) is 9.59 Å². The molecule has 3 aromatic carbocycles. The first-order valence-electron chi connectivity index (χ1n) is 20.0. The number of phenolic OH excluding ortho intramolecular Hbond substituents is 1. The molecular formula is C44H46N4O12S. The number of nitrogens with one attached hydrogen (secondary N) is 1. The minimum absolute atomic E-state index is 0.00512. The van der Waals surface area contributed by atoms with Crippen LogP contribution in [0.2, 0.25) is 0 Å². The number of aromatic hydroxyl groups is 1. The number of hydrogen-bond donors (Lipinski definition) is 2. The molecule has 0 amide bonds. The number of fused-ring (bicyclic) bond motifs is 6. The second-order valence-corrected chi connectivity index (χ2v) is 17.3. The Labute approximate surface area is 356 Å². The van der Waals surface area contributed by atoms with Gasteiger partial charge in [0.2, 0.25) is 6.79 Å². The van der Waals surface area contributed by atoms with Crippen LogP contribution in [0.1, 0.15) is 68.8 Å². The summed E-state index contributed by atoms with van der Waals surface area (Å²) < 4.78 is 47.1. The van der Waals surface area contributed by atoms with Crippen molar-refractivity contribution in [3.05, 3.63) is 75.4 Å². The third-order valence-corrected chi connectivity index (χ3v) is 14.3. The van der Waals surface area contributed by atoms with Crippen LogP contribution in [-0.4, -0.2) is 105 Å². The molecule has 7 atom stereocenters. The molecular weight excluding hydrogens is 809 g/mol. The highest BCUT2D eigenvalue weighted by atomic mass is 32.2. The number of carbonyl (C=O) groups is 3. The van der Waals surface area contributed by atoms with Gasteiger partial charge in [0, 0.05) is 60.5 Å². The maximum Gasteiger partial charge on any atom is 0.514 e. The summed E-state index contributed by atoms with van der Waals surface area (Å²) in [5.74, 6) is 0.794. The Hall–Kier alpha value is -5.67. The lowest BCUT2D eigenvalue weighted by atomic mass is 9.76. The van der Waals surface area contributed by atoms with Gasteiger partial charge in [0.05, 0.1) is 37.6 Å². The van der Waals surface area contributed by atoms with Crippen LogP contribution in [0.15, 0.2) is 30.9 Å². The number of rotatable bonds is 6. The van der Waals surface area contributed by atoms with Crippen molar-refractivity contribution in [1.29, 1.82) is 5.26 Å². The number of aryl methyl sites for hydroxylation is 1. The van der Waals surface area contributed by atoms with Crippen LogP contribution in [-0.2, 0) is 37.4 Å². The summed E-state index contributed by atoms with van der Waals surface area (Å²) in [5, 5.41) is 26.6. The van der Waals surface area contributed by atoms with E-state index in [9.17, 15) is 20.0 Å². The number of esters is 2. The van der Waals surface area contributed by atoms with E-state index in [2.05, 4.69) is 27.8 Å². The largest absolute Gasteiger partial charge is 0.514 e. The minimum Gasteiger partial charge on any atom is -0.504 e. The van der Waals surface area contributed by atoms with E-state index in [-0.39, 0.29) is 49.4 Å². The van der Waals surface area contributed by atoms with E-state index in [4.69, 9.17) is 37.9 Å². The molecule has 2 N–H and O–H groups in total. The van der Waals surface area contributed by atoms with Gasteiger partial charge in [-0.05, 0) is 61.7 Å². The number of ether oxygens (including phenoxy) is 8. The molecule has 16 nitrogen and oxygen atoms in total. The minimum atomic E-state index is -1.45. The molecule has 320 valence electrons. The lowest BCUT2D eigenvalue weighted by molar-refractivity contribution is -0.158. The zero-order chi connectivity index (χ0) is 43.1. The molecule has 8 heterocycles. The number of phenols is 1. The molecule has 0 radical (unpaired) electrons. The van der Waals surface area contributed by atoms with Gasteiger partial charge in [-0.3, -0.25) is 19.9 Å². The Morgan fingerprint density at radius 1 is 1.07 bits per heavy atom. The third-order valence-electron chi connectivity index (χ3n) is 12.8. The van der Waals surface area contributed by atoms with Crippen molar-refractivity contribution >= 4 is 29.9 Å². The van der Waals surface area contributed by atoms with Crippen molar-refractivity contribution < 1.29 is 57.4 Å². The van der Waals surface area contributed by atoms with Crippen molar-refractivity contribution in [3.63, 3.8) is 0 Å². The number of methoxy groups -OCH3 is 2. The molecule has 8 aliphatic rings. The Bertz CT molecular complexity index is 2450. The molecule has 17 heteroatoms. The van der Waals surface area contributed by atoms with Crippen LogP contribution >= 0.6 is 11.8 Å². The number of piperazine rings is 1. The molecule has 11 rings (SSSR count). The summed E-state index contributed by atoms with van der Waals surface area (Å²) in [4.78, 5) is 44.9. The number of likely N-dealkylation sites (N-methyl/N-ethyl adjacent to an activating group) is 1. The average molecular weight is 855 g/mol. The van der Waals surface area contributed by atoms with E-state index >= 15 is 4.79 Å². The topological polar surface area (TPSA) is 188 Å². The highest BCUT2D eigenvalue weighted by molar-refractivity contribution is 7.99. The van der Waals surface area contributed by atoms with Gasteiger partial charge in [0.25, 0.3) is 0 Å². The third kappa shape index (κ3) is 6.01. The van der Waals surface area contributed by atoms with Crippen LogP contribution < -0.4 is 33.7 Å². The molecule has 3 aromatic rings. The van der Waals surface area contributed by atoms with E-state index in [0.29, 0.717) is 70.3 Å². The molecule has 2 saturated heterocycles. The number of thioether (sulfide) groups is 1. The van der Waals surface area contributed by atoms with Crippen molar-refractivity contribution in [3.8, 4) is 46.3 Å². The van der Waals surface area contributed by atoms with Crippen LogP contribution in [0.3, 0.4) is 0 Å². The quantitative estimate of drug-likeness (QED) is 0.146. The fourth-order valence-electron chi connectivity index (χ4n) is 10.6. The number of nitriles is 1. The Kier molecular flexibility index (Phi) is 10.0. The van der Waals surface area contributed by atoms with Gasteiger partial charge >= 0.3 is 18.1 Å². The van der Waals surface area contributed by atoms with E-state index in [1.165, 1.54) is 39.0 Å². The summed E-state index contributed by atoms with van der Waals surface area (Å²) in [6.45, 7) is 8.90. The zero-order valence-corrected chi connectivity index (χ0v) is 35.5. The van der Waals surface area contributed by atoms with E-state index in [1.54, 1.807) is 12.1 Å². The summed E-state index contributed by atoms with van der Waals surface area (Å²) in [6, 6.07) is 6.14. The standard InChI is InChI=1S/C44H46N4O12S/c1-8-11-55-42(52)60-29-13-24-9-10-46-44(26(24)14-28(29)53-6)19-61-40-32-31(39-38(57-20-58-39)22(3)37(32)59-23(4)49)27(16-56-41(44)51)48-34(40)33-30-25(12-21(2)36(54-7)35(30)50)15-43(48,17-45)18-47(33)5/h8,12-14,27,33-34,40,46,50H,1,9-11,15-16,18-20H2,2-7H3/t27-,33+,34?,40+,43-,44+/m0/s1. The second-order valence-electron chi connectivity index (χ2n) is 16.2. The molecule has 0 aliphatic carbocycles. The SMILES string of the molecule is C=CCOC(=O)Oc1cc2c(cc1OC)[C@@]1(CS[C@@H]3c4c(OC(C)=O)c(C)c5c(c4[C@H](COC1=O)N1C3[C@H]3c4c(cc(C)c(OC)c4O)C[C@]1(C#N)CN3C)OCO5)NCC2. The maximum absolute atomic E-state index is 15.0. The summed E-state index contributed by atoms with van der Waals surface area (Å²) >= 11 is 1.45. The van der Waals surface area contributed by atoms with Gasteiger partial charge in [-0.1, -0.05) is 18.7 Å². The van der Waals surface area contributed by atoms with Gasteiger partial charge in [-0.15, -0.1) is 11.8 Å². The zero-order valence-electron chi connectivity index (χ0n) is 34.7. The molecule has 0 aromatic heterocycles. The van der Waals surface area contributed by atoms with Gasteiger partial charge < -0.3 is 43.0 Å². The number of carbonyl (C=O) groups excluding carboxylic acids is 3. The number of benzene rings is 3.